The summed E-state index contributed by atoms with van der Waals surface area (Å²) in [6.45, 7) is 1.48. The molecule has 1 saturated heterocycles. The average Bonchev–Trinajstić information content (AvgIpc) is 2.59. The van der Waals surface area contributed by atoms with E-state index in [0.29, 0.717) is 11.6 Å². The molecule has 1 aliphatic heterocycles. The first-order valence-electron chi connectivity index (χ1n) is 3.89. The monoisotopic (exact) mass is 203 g/mol. The maximum Gasteiger partial charge on any atom is 0.114 e. The third kappa shape index (κ3) is 1.27. The molecule has 2 rings (SSSR count). The molecular weight excluding hydrogens is 194 g/mol. The van der Waals surface area contributed by atoms with Crippen LogP contribution in [0.1, 0.15) is 11.3 Å². The summed E-state index contributed by atoms with van der Waals surface area (Å²) in [4.78, 5) is 0.897. The average molecular weight is 204 g/mol. The third-order valence-corrected chi connectivity index (χ3v) is 3.71. The zero-order chi connectivity index (χ0) is 8.60. The van der Waals surface area contributed by atoms with Crippen LogP contribution < -0.4 is 5.32 Å². The second kappa shape index (κ2) is 3.00. The van der Waals surface area contributed by atoms with Gasteiger partial charge in [-0.1, -0.05) is 11.6 Å². The summed E-state index contributed by atoms with van der Waals surface area (Å²) in [5.74, 6) is 0. The first kappa shape index (κ1) is 8.51. The van der Waals surface area contributed by atoms with Crippen molar-refractivity contribution in [3.63, 3.8) is 0 Å². The number of aliphatic hydroxyl groups is 1. The van der Waals surface area contributed by atoms with Crippen molar-refractivity contribution < 1.29 is 5.11 Å². The number of hydrogen-bond donors (Lipinski definition) is 2. The fourth-order valence-corrected chi connectivity index (χ4v) is 2.86. The fourth-order valence-electron chi connectivity index (χ4n) is 1.50. The van der Waals surface area contributed by atoms with Gasteiger partial charge in [0.05, 0.1) is 9.90 Å². The minimum atomic E-state index is -0.717. The molecule has 1 atom stereocenters. The molecule has 0 aromatic carbocycles. The Morgan fingerprint density at radius 3 is 3.00 bits per heavy atom. The molecule has 1 aliphatic rings. The lowest BCUT2D eigenvalue weighted by molar-refractivity contribution is 0.0627. The smallest absolute Gasteiger partial charge is 0.114 e. The molecular formula is C8H10ClNOS. The van der Waals surface area contributed by atoms with Crippen molar-refractivity contribution in [1.82, 2.24) is 5.32 Å². The Kier molecular flexibility index (Phi) is 2.12. The summed E-state index contributed by atoms with van der Waals surface area (Å²) in [7, 11) is 0. The molecule has 0 spiro atoms. The number of β-amino-alcohol motifs (C(OH)–C–C–N with tert-alkyl or cyclic N) is 1. The molecule has 66 valence electrons. The predicted molar refractivity (Wildman–Crippen MR) is 50.7 cm³/mol. The minimum absolute atomic E-state index is 0.618. The molecule has 4 heteroatoms. The molecule has 0 bridgehead atoms. The van der Waals surface area contributed by atoms with E-state index in [9.17, 15) is 5.11 Å². The highest BCUT2D eigenvalue weighted by Gasteiger charge is 2.35. The van der Waals surface area contributed by atoms with Crippen molar-refractivity contribution >= 4 is 22.9 Å². The highest BCUT2D eigenvalue weighted by molar-refractivity contribution is 7.10. The lowest BCUT2D eigenvalue weighted by atomic mass is 10.0. The van der Waals surface area contributed by atoms with Gasteiger partial charge in [-0.3, -0.25) is 0 Å². The van der Waals surface area contributed by atoms with Crippen LogP contribution in [0.25, 0.3) is 0 Å². The van der Waals surface area contributed by atoms with Gasteiger partial charge in [-0.25, -0.2) is 0 Å². The van der Waals surface area contributed by atoms with Crippen LogP contribution in [0.4, 0.5) is 0 Å². The molecule has 2 nitrogen and oxygen atoms in total. The summed E-state index contributed by atoms with van der Waals surface area (Å²) >= 11 is 7.46. The van der Waals surface area contributed by atoms with Gasteiger partial charge in [0.25, 0.3) is 0 Å². The third-order valence-electron chi connectivity index (χ3n) is 2.17. The van der Waals surface area contributed by atoms with Crippen molar-refractivity contribution in [2.45, 2.75) is 12.0 Å². The zero-order valence-electron chi connectivity index (χ0n) is 6.51. The van der Waals surface area contributed by atoms with Gasteiger partial charge in [0.15, 0.2) is 0 Å². The molecule has 2 heterocycles. The Bertz CT molecular complexity index is 280. The Labute approximate surface area is 80.2 Å². The van der Waals surface area contributed by atoms with E-state index in [1.54, 1.807) is 0 Å². The number of halogens is 1. The topological polar surface area (TPSA) is 32.3 Å². The SMILES string of the molecule is OC1(c2sccc2Cl)CCNC1. The van der Waals surface area contributed by atoms with E-state index in [1.165, 1.54) is 11.3 Å². The van der Waals surface area contributed by atoms with Crippen LogP contribution in [0, 0.1) is 0 Å². The maximum absolute atomic E-state index is 10.1. The van der Waals surface area contributed by atoms with Crippen molar-refractivity contribution in [1.29, 1.82) is 0 Å². The van der Waals surface area contributed by atoms with E-state index >= 15 is 0 Å². The van der Waals surface area contributed by atoms with Gasteiger partial charge in [-0.05, 0) is 24.4 Å². The van der Waals surface area contributed by atoms with Crippen molar-refractivity contribution in [3.8, 4) is 0 Å². The molecule has 1 aromatic heterocycles. The number of hydrogen-bond acceptors (Lipinski definition) is 3. The van der Waals surface area contributed by atoms with Gasteiger partial charge in [-0.15, -0.1) is 11.3 Å². The molecule has 0 aliphatic carbocycles. The van der Waals surface area contributed by atoms with E-state index in [-0.39, 0.29) is 0 Å². The van der Waals surface area contributed by atoms with Gasteiger partial charge in [0.1, 0.15) is 5.60 Å². The van der Waals surface area contributed by atoms with Crippen LogP contribution in [0.2, 0.25) is 5.02 Å². The molecule has 2 N–H and O–H groups in total. The molecule has 0 saturated carbocycles. The Morgan fingerprint density at radius 1 is 1.67 bits per heavy atom. The number of rotatable bonds is 1. The summed E-state index contributed by atoms with van der Waals surface area (Å²) in [6, 6.07) is 1.83. The molecule has 1 unspecified atom stereocenters. The van der Waals surface area contributed by atoms with Gasteiger partial charge in [-0.2, -0.15) is 0 Å². The van der Waals surface area contributed by atoms with E-state index in [0.717, 1.165) is 17.8 Å². The number of nitrogens with one attached hydrogen (secondary N) is 1. The summed E-state index contributed by atoms with van der Waals surface area (Å²) in [6.07, 6.45) is 0.757. The predicted octanol–water partition coefficient (Wildman–Crippen LogP) is 1.58. The number of thiophene rings is 1. The molecule has 0 amide bonds. The second-order valence-corrected chi connectivity index (χ2v) is 4.38. The second-order valence-electron chi connectivity index (χ2n) is 3.06. The van der Waals surface area contributed by atoms with E-state index < -0.39 is 5.60 Å². The van der Waals surface area contributed by atoms with Crippen molar-refractivity contribution in [2.75, 3.05) is 13.1 Å². The Balaban J connectivity index is 2.34. The summed E-state index contributed by atoms with van der Waals surface area (Å²) in [5.41, 5.74) is -0.717. The molecule has 0 radical (unpaired) electrons. The van der Waals surface area contributed by atoms with Crippen molar-refractivity contribution in [3.05, 3.63) is 21.3 Å². The van der Waals surface area contributed by atoms with E-state index in [1.807, 2.05) is 11.4 Å². The molecule has 1 fully saturated rings. The molecule has 12 heavy (non-hydrogen) atoms. The maximum atomic E-state index is 10.1. The first-order chi connectivity index (χ1) is 5.72. The van der Waals surface area contributed by atoms with Crippen LogP contribution in [0.3, 0.4) is 0 Å². The van der Waals surface area contributed by atoms with Gasteiger partial charge < -0.3 is 10.4 Å². The standard InChI is InChI=1S/C8H10ClNOS/c9-6-1-4-12-7(6)8(11)2-3-10-5-8/h1,4,10-11H,2-3,5H2. The quantitative estimate of drug-likeness (QED) is 0.727. The normalized spacial score (nSPS) is 29.5. The van der Waals surface area contributed by atoms with Crippen molar-refractivity contribution in [2.24, 2.45) is 0 Å². The lowest BCUT2D eigenvalue weighted by Crippen LogP contribution is -2.27. The molecule has 1 aromatic rings. The highest BCUT2D eigenvalue weighted by atomic mass is 35.5. The van der Waals surface area contributed by atoms with Crippen LogP contribution >= 0.6 is 22.9 Å². The minimum Gasteiger partial charge on any atom is -0.383 e. The van der Waals surface area contributed by atoms with Gasteiger partial charge in [0.2, 0.25) is 0 Å². The highest BCUT2D eigenvalue weighted by Crippen LogP contribution is 2.36. The van der Waals surface area contributed by atoms with Crippen LogP contribution in [0.5, 0.6) is 0 Å². The summed E-state index contributed by atoms with van der Waals surface area (Å²) < 4.78 is 0. The summed E-state index contributed by atoms with van der Waals surface area (Å²) in [5, 5.41) is 15.8. The van der Waals surface area contributed by atoms with E-state index in [4.69, 9.17) is 11.6 Å². The van der Waals surface area contributed by atoms with Crippen LogP contribution in [-0.4, -0.2) is 18.2 Å². The van der Waals surface area contributed by atoms with E-state index in [2.05, 4.69) is 5.32 Å². The first-order valence-corrected chi connectivity index (χ1v) is 5.15. The Hall–Kier alpha value is -0.0900. The Morgan fingerprint density at radius 2 is 2.50 bits per heavy atom. The van der Waals surface area contributed by atoms with Gasteiger partial charge in [0, 0.05) is 6.54 Å². The van der Waals surface area contributed by atoms with Crippen LogP contribution in [-0.2, 0) is 5.60 Å². The van der Waals surface area contributed by atoms with Gasteiger partial charge >= 0.3 is 0 Å². The fraction of sp³-hybridized carbons (Fsp3) is 0.500. The largest absolute Gasteiger partial charge is 0.383 e. The zero-order valence-corrected chi connectivity index (χ0v) is 8.08. The lowest BCUT2D eigenvalue weighted by Gasteiger charge is -2.19. The van der Waals surface area contributed by atoms with Crippen LogP contribution in [0.15, 0.2) is 11.4 Å².